The predicted octanol–water partition coefficient (Wildman–Crippen LogP) is 3.77. The maximum Gasteiger partial charge on any atom is 0.213 e. The van der Waals surface area contributed by atoms with Gasteiger partial charge in [-0.15, -0.1) is 24.0 Å². The van der Waals surface area contributed by atoms with Gasteiger partial charge < -0.3 is 20.1 Å². The maximum atomic E-state index is 5.63. The smallest absolute Gasteiger partial charge is 0.213 e. The molecule has 1 saturated carbocycles. The van der Waals surface area contributed by atoms with Gasteiger partial charge in [-0.2, -0.15) is 0 Å². The van der Waals surface area contributed by atoms with Crippen molar-refractivity contribution in [3.8, 4) is 11.6 Å². The van der Waals surface area contributed by atoms with Crippen molar-refractivity contribution in [3.05, 3.63) is 54.2 Å². The summed E-state index contributed by atoms with van der Waals surface area (Å²) in [7, 11) is 1.80. The van der Waals surface area contributed by atoms with Crippen molar-refractivity contribution in [2.24, 2.45) is 4.99 Å². The van der Waals surface area contributed by atoms with Crippen LogP contribution < -0.4 is 20.1 Å². The molecule has 1 aliphatic carbocycles. The second-order valence-electron chi connectivity index (χ2n) is 6.57. The molecule has 3 rings (SSSR count). The first-order valence-corrected chi connectivity index (χ1v) is 9.56. The Labute approximate surface area is 184 Å². The molecule has 1 aromatic heterocycles. The van der Waals surface area contributed by atoms with E-state index in [4.69, 9.17) is 9.47 Å². The van der Waals surface area contributed by atoms with E-state index >= 15 is 0 Å². The minimum absolute atomic E-state index is 0. The molecule has 1 aromatic carbocycles. The van der Waals surface area contributed by atoms with Gasteiger partial charge >= 0.3 is 0 Å². The third-order valence-corrected chi connectivity index (χ3v) is 4.52. The molecule has 0 bridgehead atoms. The van der Waals surface area contributed by atoms with E-state index in [0.29, 0.717) is 31.7 Å². The Bertz CT molecular complexity index is 704. The molecule has 0 amide bonds. The van der Waals surface area contributed by atoms with Crippen molar-refractivity contribution < 1.29 is 9.47 Å². The Balaban J connectivity index is 0.00000280. The molecule has 0 atom stereocenters. The van der Waals surface area contributed by atoms with Crippen LogP contribution in [-0.2, 0) is 6.54 Å². The molecule has 28 heavy (non-hydrogen) atoms. The fraction of sp³-hybridized carbons (Fsp3) is 0.429. The molecule has 2 N–H and O–H groups in total. The third kappa shape index (κ3) is 7.53. The molecule has 1 fully saturated rings. The number of aliphatic imine (C=N–C) groups is 1. The lowest BCUT2D eigenvalue weighted by atomic mass is 10.2. The summed E-state index contributed by atoms with van der Waals surface area (Å²) in [5, 5.41) is 6.82. The molecule has 0 radical (unpaired) electrons. The van der Waals surface area contributed by atoms with Crippen LogP contribution in [0.4, 0.5) is 0 Å². The summed E-state index contributed by atoms with van der Waals surface area (Å²) in [6, 6.07) is 14.1. The number of aromatic nitrogens is 1. The van der Waals surface area contributed by atoms with Crippen LogP contribution in [0.3, 0.4) is 0 Å². The minimum atomic E-state index is 0. The van der Waals surface area contributed by atoms with Gasteiger partial charge in [0, 0.05) is 31.9 Å². The van der Waals surface area contributed by atoms with Crippen LogP contribution in [-0.4, -0.2) is 37.2 Å². The van der Waals surface area contributed by atoms with Crippen molar-refractivity contribution in [2.75, 3.05) is 20.3 Å². The van der Waals surface area contributed by atoms with E-state index in [-0.39, 0.29) is 24.0 Å². The summed E-state index contributed by atoms with van der Waals surface area (Å²) >= 11 is 0. The number of rotatable bonds is 8. The molecular formula is C21H29IN4O2. The molecule has 1 heterocycles. The largest absolute Gasteiger partial charge is 0.490 e. The number of pyridine rings is 1. The molecule has 0 aliphatic heterocycles. The van der Waals surface area contributed by atoms with Crippen molar-refractivity contribution in [3.63, 3.8) is 0 Å². The highest BCUT2D eigenvalue weighted by Crippen LogP contribution is 2.17. The predicted molar refractivity (Wildman–Crippen MR) is 123 cm³/mol. The Morgan fingerprint density at radius 3 is 2.50 bits per heavy atom. The Morgan fingerprint density at radius 2 is 1.82 bits per heavy atom. The molecule has 2 aromatic rings. The van der Waals surface area contributed by atoms with Gasteiger partial charge in [-0.05, 0) is 30.5 Å². The van der Waals surface area contributed by atoms with Gasteiger partial charge in [-0.1, -0.05) is 37.1 Å². The van der Waals surface area contributed by atoms with Crippen molar-refractivity contribution in [1.82, 2.24) is 15.6 Å². The molecule has 0 spiro atoms. The van der Waals surface area contributed by atoms with Crippen LogP contribution in [0.15, 0.2) is 53.7 Å². The number of hydrogen-bond acceptors (Lipinski definition) is 4. The normalized spacial score (nSPS) is 14.2. The summed E-state index contributed by atoms with van der Waals surface area (Å²) in [4.78, 5) is 8.65. The zero-order valence-corrected chi connectivity index (χ0v) is 18.6. The first kappa shape index (κ1) is 22.3. The number of halogens is 1. The first-order valence-electron chi connectivity index (χ1n) is 9.56. The van der Waals surface area contributed by atoms with E-state index in [1.165, 1.54) is 25.7 Å². The average molecular weight is 496 g/mol. The molecule has 1 aliphatic rings. The number of nitrogens with zero attached hydrogens (tertiary/aromatic N) is 2. The second-order valence-corrected chi connectivity index (χ2v) is 6.57. The van der Waals surface area contributed by atoms with Crippen molar-refractivity contribution in [2.45, 2.75) is 38.3 Å². The molecule has 0 unspecified atom stereocenters. The maximum absolute atomic E-state index is 5.63. The van der Waals surface area contributed by atoms with E-state index in [1.54, 1.807) is 7.05 Å². The van der Waals surface area contributed by atoms with Gasteiger partial charge in [-0.25, -0.2) is 4.98 Å². The minimum Gasteiger partial charge on any atom is -0.490 e. The van der Waals surface area contributed by atoms with Crippen LogP contribution in [0.2, 0.25) is 0 Å². The van der Waals surface area contributed by atoms with E-state index in [2.05, 4.69) is 20.6 Å². The first-order chi connectivity index (χ1) is 13.3. The summed E-state index contributed by atoms with van der Waals surface area (Å²) in [5.41, 5.74) is 1.08. The van der Waals surface area contributed by atoms with E-state index in [9.17, 15) is 0 Å². The lowest BCUT2D eigenvalue weighted by molar-refractivity contribution is 0.212. The summed E-state index contributed by atoms with van der Waals surface area (Å²) in [6.07, 6.45) is 6.88. The van der Waals surface area contributed by atoms with Gasteiger partial charge in [-0.3, -0.25) is 4.99 Å². The molecule has 0 saturated heterocycles. The van der Waals surface area contributed by atoms with Crippen LogP contribution in [0.1, 0.15) is 31.2 Å². The fourth-order valence-corrected chi connectivity index (χ4v) is 3.07. The van der Waals surface area contributed by atoms with Crippen LogP contribution in [0.5, 0.6) is 11.6 Å². The van der Waals surface area contributed by atoms with E-state index in [0.717, 1.165) is 17.3 Å². The van der Waals surface area contributed by atoms with Gasteiger partial charge in [0.05, 0.1) is 0 Å². The van der Waals surface area contributed by atoms with Crippen molar-refractivity contribution in [1.29, 1.82) is 0 Å². The zero-order chi connectivity index (χ0) is 18.7. The topological polar surface area (TPSA) is 67.8 Å². The van der Waals surface area contributed by atoms with Crippen molar-refractivity contribution >= 4 is 29.9 Å². The second kappa shape index (κ2) is 12.4. The average Bonchev–Trinajstić information content (AvgIpc) is 3.23. The number of hydrogen-bond donors (Lipinski definition) is 2. The highest BCUT2D eigenvalue weighted by atomic mass is 127. The fourth-order valence-electron chi connectivity index (χ4n) is 3.07. The number of benzene rings is 1. The quantitative estimate of drug-likeness (QED) is 0.252. The Morgan fingerprint density at radius 1 is 1.07 bits per heavy atom. The molecule has 6 nitrogen and oxygen atoms in total. The number of ether oxygens (including phenoxy) is 2. The lowest BCUT2D eigenvalue weighted by Gasteiger charge is -2.16. The third-order valence-electron chi connectivity index (χ3n) is 4.52. The number of para-hydroxylation sites is 1. The molecule has 152 valence electrons. The standard InChI is InChI=1S/C21H28N4O2.HI/c1-22-21(25-18-7-5-6-8-18)24-16-17-11-12-20(23-15-17)27-14-13-26-19-9-3-2-4-10-19;/h2-4,9-12,15,18H,5-8,13-14,16H2,1H3,(H2,22,24,25);1H. The highest BCUT2D eigenvalue weighted by Gasteiger charge is 2.15. The SMILES string of the molecule is CN=C(NCc1ccc(OCCOc2ccccc2)nc1)NC1CCCC1.I. The summed E-state index contributed by atoms with van der Waals surface area (Å²) in [6.45, 7) is 1.62. The Hall–Kier alpha value is -2.03. The van der Waals surface area contributed by atoms with Gasteiger partial charge in [0.15, 0.2) is 5.96 Å². The highest BCUT2D eigenvalue weighted by molar-refractivity contribution is 14.0. The van der Waals surface area contributed by atoms with E-state index in [1.807, 2.05) is 48.7 Å². The summed E-state index contributed by atoms with van der Waals surface area (Å²) in [5.74, 6) is 2.29. The van der Waals surface area contributed by atoms with Gasteiger partial charge in [0.1, 0.15) is 19.0 Å². The number of nitrogens with one attached hydrogen (secondary N) is 2. The monoisotopic (exact) mass is 496 g/mol. The molecular weight excluding hydrogens is 467 g/mol. The van der Waals surface area contributed by atoms with E-state index < -0.39 is 0 Å². The van der Waals surface area contributed by atoms with Gasteiger partial charge in [0.2, 0.25) is 5.88 Å². The van der Waals surface area contributed by atoms with Crippen LogP contribution >= 0.6 is 24.0 Å². The summed E-state index contributed by atoms with van der Waals surface area (Å²) < 4.78 is 11.2. The Kier molecular flexibility index (Phi) is 9.88. The van der Waals surface area contributed by atoms with Crippen LogP contribution in [0, 0.1) is 0 Å². The van der Waals surface area contributed by atoms with Gasteiger partial charge in [0.25, 0.3) is 0 Å². The van der Waals surface area contributed by atoms with Crippen LogP contribution in [0.25, 0.3) is 0 Å². The number of guanidine groups is 1. The zero-order valence-electron chi connectivity index (χ0n) is 16.3. The molecule has 7 heteroatoms. The lowest BCUT2D eigenvalue weighted by Crippen LogP contribution is -2.41.